The van der Waals surface area contributed by atoms with Crippen LogP contribution in [0.5, 0.6) is 0 Å². The highest BCUT2D eigenvalue weighted by Gasteiger charge is 2.08. The van der Waals surface area contributed by atoms with Crippen LogP contribution >= 0.6 is 11.3 Å². The Morgan fingerprint density at radius 3 is 2.71 bits per heavy atom. The third-order valence-electron chi connectivity index (χ3n) is 2.39. The van der Waals surface area contributed by atoms with E-state index in [0.717, 1.165) is 18.8 Å². The van der Waals surface area contributed by atoms with Gasteiger partial charge in [-0.05, 0) is 47.6 Å². The van der Waals surface area contributed by atoms with Crippen LogP contribution in [-0.2, 0) is 6.42 Å². The Kier molecular flexibility index (Phi) is 5.15. The van der Waals surface area contributed by atoms with Crippen molar-refractivity contribution < 1.29 is 0 Å². The molecule has 0 aliphatic rings. The molecule has 0 saturated heterocycles. The van der Waals surface area contributed by atoms with Crippen molar-refractivity contribution in [3.05, 3.63) is 22.4 Å². The first-order valence-corrected chi connectivity index (χ1v) is 6.14. The third kappa shape index (κ3) is 4.22. The van der Waals surface area contributed by atoms with Gasteiger partial charge in [0.1, 0.15) is 0 Å². The molecule has 80 valence electrons. The van der Waals surface area contributed by atoms with Crippen molar-refractivity contribution in [1.82, 2.24) is 5.43 Å². The van der Waals surface area contributed by atoms with Crippen LogP contribution < -0.4 is 11.3 Å². The van der Waals surface area contributed by atoms with Crippen molar-refractivity contribution in [3.63, 3.8) is 0 Å². The highest BCUT2D eigenvalue weighted by Crippen LogP contribution is 2.13. The summed E-state index contributed by atoms with van der Waals surface area (Å²) in [5.41, 5.74) is 4.29. The molecule has 0 bridgehead atoms. The van der Waals surface area contributed by atoms with Gasteiger partial charge in [-0.1, -0.05) is 13.8 Å². The van der Waals surface area contributed by atoms with Crippen molar-refractivity contribution in [2.24, 2.45) is 11.8 Å². The zero-order valence-electron chi connectivity index (χ0n) is 8.99. The van der Waals surface area contributed by atoms with Crippen LogP contribution in [-0.4, -0.2) is 6.04 Å². The van der Waals surface area contributed by atoms with Crippen LogP contribution in [0.25, 0.3) is 0 Å². The molecule has 0 aliphatic heterocycles. The molecule has 0 amide bonds. The molecule has 1 aromatic rings. The molecule has 3 heteroatoms. The lowest BCUT2D eigenvalue weighted by atomic mass is 10.00. The fourth-order valence-electron chi connectivity index (χ4n) is 1.47. The summed E-state index contributed by atoms with van der Waals surface area (Å²) in [4.78, 5) is 0. The fraction of sp³-hybridized carbons (Fsp3) is 0.636. The van der Waals surface area contributed by atoms with Crippen LogP contribution in [0, 0.1) is 5.92 Å². The molecule has 1 unspecified atom stereocenters. The summed E-state index contributed by atoms with van der Waals surface area (Å²) in [6.45, 7) is 4.50. The molecule has 3 N–H and O–H groups in total. The van der Waals surface area contributed by atoms with Crippen LogP contribution in [0.2, 0.25) is 0 Å². The normalized spacial score (nSPS) is 13.4. The van der Waals surface area contributed by atoms with Crippen molar-refractivity contribution >= 4 is 11.3 Å². The molecule has 1 aromatic heterocycles. The molecule has 1 atom stereocenters. The number of nitrogens with two attached hydrogens (primary N) is 1. The molecule has 0 fully saturated rings. The molecule has 0 radical (unpaired) electrons. The maximum Gasteiger partial charge on any atom is 0.0251 e. The fourth-order valence-corrected chi connectivity index (χ4v) is 2.15. The SMILES string of the molecule is CC(C)CCC(Cc1ccsc1)NN. The lowest BCUT2D eigenvalue weighted by molar-refractivity contribution is 0.434. The highest BCUT2D eigenvalue weighted by atomic mass is 32.1. The minimum Gasteiger partial charge on any atom is -0.271 e. The average Bonchev–Trinajstić information content (AvgIpc) is 2.64. The van der Waals surface area contributed by atoms with Gasteiger partial charge in [0, 0.05) is 6.04 Å². The zero-order chi connectivity index (χ0) is 10.4. The maximum absolute atomic E-state index is 5.53. The van der Waals surface area contributed by atoms with Gasteiger partial charge in [-0.2, -0.15) is 11.3 Å². The van der Waals surface area contributed by atoms with Crippen LogP contribution in [0.4, 0.5) is 0 Å². The number of rotatable bonds is 6. The molecular formula is C11H20N2S. The lowest BCUT2D eigenvalue weighted by Gasteiger charge is -2.16. The van der Waals surface area contributed by atoms with Crippen LogP contribution in [0.1, 0.15) is 32.3 Å². The monoisotopic (exact) mass is 212 g/mol. The van der Waals surface area contributed by atoms with Crippen molar-refractivity contribution in [2.45, 2.75) is 39.2 Å². The Morgan fingerprint density at radius 2 is 2.21 bits per heavy atom. The second kappa shape index (κ2) is 6.17. The van der Waals surface area contributed by atoms with E-state index in [1.165, 1.54) is 12.0 Å². The number of nitrogens with one attached hydrogen (secondary N) is 1. The van der Waals surface area contributed by atoms with Gasteiger partial charge in [0.25, 0.3) is 0 Å². The topological polar surface area (TPSA) is 38.0 Å². The summed E-state index contributed by atoms with van der Waals surface area (Å²) in [5, 5.41) is 4.31. The summed E-state index contributed by atoms with van der Waals surface area (Å²) >= 11 is 1.75. The van der Waals surface area contributed by atoms with Gasteiger partial charge < -0.3 is 0 Å². The Bertz CT molecular complexity index is 231. The Balaban J connectivity index is 2.32. The largest absolute Gasteiger partial charge is 0.271 e. The predicted molar refractivity (Wildman–Crippen MR) is 63.2 cm³/mol. The molecule has 0 aliphatic carbocycles. The minimum atomic E-state index is 0.423. The predicted octanol–water partition coefficient (Wildman–Crippen LogP) is 2.56. The van der Waals surface area contributed by atoms with Crippen molar-refractivity contribution in [3.8, 4) is 0 Å². The first kappa shape index (κ1) is 11.7. The van der Waals surface area contributed by atoms with E-state index in [9.17, 15) is 0 Å². The minimum absolute atomic E-state index is 0.423. The highest BCUT2D eigenvalue weighted by molar-refractivity contribution is 7.07. The van der Waals surface area contributed by atoms with E-state index in [-0.39, 0.29) is 0 Å². The molecule has 14 heavy (non-hydrogen) atoms. The smallest absolute Gasteiger partial charge is 0.0251 e. The van der Waals surface area contributed by atoms with Gasteiger partial charge in [0.2, 0.25) is 0 Å². The third-order valence-corrected chi connectivity index (χ3v) is 3.12. The molecule has 2 nitrogen and oxygen atoms in total. The summed E-state index contributed by atoms with van der Waals surface area (Å²) in [7, 11) is 0. The number of hydrogen-bond acceptors (Lipinski definition) is 3. The van der Waals surface area contributed by atoms with Crippen LogP contribution in [0.15, 0.2) is 16.8 Å². The average molecular weight is 212 g/mol. The summed E-state index contributed by atoms with van der Waals surface area (Å²) < 4.78 is 0. The number of hydrogen-bond donors (Lipinski definition) is 2. The van der Waals surface area contributed by atoms with Gasteiger partial charge in [0.05, 0.1) is 0 Å². The van der Waals surface area contributed by atoms with Crippen molar-refractivity contribution in [1.29, 1.82) is 0 Å². The van der Waals surface area contributed by atoms with Gasteiger partial charge in [-0.15, -0.1) is 0 Å². The summed E-state index contributed by atoms with van der Waals surface area (Å²) in [6.07, 6.45) is 3.44. The maximum atomic E-state index is 5.53. The molecular weight excluding hydrogens is 192 g/mol. The molecule has 0 saturated carbocycles. The molecule has 1 heterocycles. The quantitative estimate of drug-likeness (QED) is 0.562. The van der Waals surface area contributed by atoms with E-state index in [1.807, 2.05) is 0 Å². The van der Waals surface area contributed by atoms with Crippen molar-refractivity contribution in [2.75, 3.05) is 0 Å². The zero-order valence-corrected chi connectivity index (χ0v) is 9.81. The van der Waals surface area contributed by atoms with E-state index < -0.39 is 0 Å². The van der Waals surface area contributed by atoms with Crippen LogP contribution in [0.3, 0.4) is 0 Å². The van der Waals surface area contributed by atoms with Gasteiger partial charge in [0.15, 0.2) is 0 Å². The summed E-state index contributed by atoms with van der Waals surface area (Å²) in [6, 6.07) is 2.59. The Morgan fingerprint density at radius 1 is 1.43 bits per heavy atom. The van der Waals surface area contributed by atoms with Gasteiger partial charge >= 0.3 is 0 Å². The van der Waals surface area contributed by atoms with Gasteiger partial charge in [-0.3, -0.25) is 11.3 Å². The molecule has 0 aromatic carbocycles. The second-order valence-corrected chi connectivity index (χ2v) is 4.95. The van der Waals surface area contributed by atoms with E-state index in [0.29, 0.717) is 6.04 Å². The first-order chi connectivity index (χ1) is 6.72. The number of hydrazine groups is 1. The Hall–Kier alpha value is -0.380. The molecule has 1 rings (SSSR count). The standard InChI is InChI=1S/C11H20N2S/c1-9(2)3-4-11(13-12)7-10-5-6-14-8-10/h5-6,8-9,11,13H,3-4,7,12H2,1-2H3. The van der Waals surface area contributed by atoms with E-state index in [1.54, 1.807) is 11.3 Å². The summed E-state index contributed by atoms with van der Waals surface area (Å²) in [5.74, 6) is 6.29. The van der Waals surface area contributed by atoms with E-state index >= 15 is 0 Å². The number of thiophene rings is 1. The lowest BCUT2D eigenvalue weighted by Crippen LogP contribution is -2.36. The van der Waals surface area contributed by atoms with E-state index in [4.69, 9.17) is 5.84 Å². The Labute approximate surface area is 90.5 Å². The first-order valence-electron chi connectivity index (χ1n) is 5.19. The van der Waals surface area contributed by atoms with E-state index in [2.05, 4.69) is 36.1 Å². The second-order valence-electron chi connectivity index (χ2n) is 4.17. The molecule has 0 spiro atoms. The van der Waals surface area contributed by atoms with Gasteiger partial charge in [-0.25, -0.2) is 0 Å².